The summed E-state index contributed by atoms with van der Waals surface area (Å²) in [5, 5.41) is 0. The van der Waals surface area contributed by atoms with Crippen LogP contribution in [0.3, 0.4) is 0 Å². The minimum absolute atomic E-state index is 0.0279. The number of halogens is 1. The molecule has 0 aliphatic heterocycles. The van der Waals surface area contributed by atoms with Crippen LogP contribution in [0.2, 0.25) is 0 Å². The molecule has 0 saturated heterocycles. The molecule has 0 saturated carbocycles. The lowest BCUT2D eigenvalue weighted by atomic mass is 10.2. The van der Waals surface area contributed by atoms with Crippen molar-refractivity contribution in [1.29, 1.82) is 0 Å². The van der Waals surface area contributed by atoms with E-state index >= 15 is 0 Å². The van der Waals surface area contributed by atoms with Crippen LogP contribution >= 0.6 is 10.7 Å². The third kappa shape index (κ3) is 2.75. The van der Waals surface area contributed by atoms with Gasteiger partial charge in [-0.25, -0.2) is 16.8 Å². The van der Waals surface area contributed by atoms with E-state index in [0.717, 1.165) is 6.07 Å². The van der Waals surface area contributed by atoms with Gasteiger partial charge >= 0.3 is 0 Å². The van der Waals surface area contributed by atoms with Gasteiger partial charge in [0.25, 0.3) is 9.05 Å². The fraction of sp³-hybridized carbons (Fsp3) is 0.333. The van der Waals surface area contributed by atoms with E-state index in [2.05, 4.69) is 0 Å². The molecule has 16 heavy (non-hydrogen) atoms. The lowest BCUT2D eigenvalue weighted by molar-refractivity contribution is 0.597. The van der Waals surface area contributed by atoms with Crippen molar-refractivity contribution >= 4 is 29.6 Å². The lowest BCUT2D eigenvalue weighted by Crippen LogP contribution is -2.05. The first-order valence-electron chi connectivity index (χ1n) is 4.46. The van der Waals surface area contributed by atoms with Crippen LogP contribution in [0, 0.1) is 6.92 Å². The van der Waals surface area contributed by atoms with Gasteiger partial charge in [0.05, 0.1) is 15.5 Å². The van der Waals surface area contributed by atoms with Gasteiger partial charge in [-0.15, -0.1) is 0 Å². The Kier molecular flexibility index (Phi) is 3.66. The maximum atomic E-state index is 11.6. The van der Waals surface area contributed by atoms with Crippen LogP contribution in [0.15, 0.2) is 28.0 Å². The molecule has 1 aromatic rings. The fourth-order valence-electron chi connectivity index (χ4n) is 1.20. The van der Waals surface area contributed by atoms with E-state index in [1.165, 1.54) is 19.1 Å². The molecular formula is C9H11ClO4S2. The first kappa shape index (κ1) is 13.5. The second-order valence-electron chi connectivity index (χ2n) is 3.27. The lowest BCUT2D eigenvalue weighted by Gasteiger charge is -2.05. The van der Waals surface area contributed by atoms with E-state index in [1.807, 2.05) is 0 Å². The minimum Gasteiger partial charge on any atom is -0.224 e. The van der Waals surface area contributed by atoms with E-state index in [1.54, 1.807) is 6.92 Å². The maximum Gasteiger partial charge on any atom is 0.261 e. The number of rotatable bonds is 3. The molecule has 0 unspecified atom stereocenters. The minimum atomic E-state index is -3.92. The third-order valence-corrected chi connectivity index (χ3v) is 5.36. The highest BCUT2D eigenvalue weighted by Gasteiger charge is 2.18. The van der Waals surface area contributed by atoms with Crippen LogP contribution in [0.25, 0.3) is 0 Å². The zero-order chi connectivity index (χ0) is 12.6. The van der Waals surface area contributed by atoms with Gasteiger partial charge in [0, 0.05) is 10.7 Å². The Morgan fingerprint density at radius 2 is 1.75 bits per heavy atom. The number of hydrogen-bond donors (Lipinski definition) is 0. The summed E-state index contributed by atoms with van der Waals surface area (Å²) >= 11 is 0. The molecule has 1 aromatic carbocycles. The molecule has 0 N–H and O–H groups in total. The van der Waals surface area contributed by atoms with Crippen molar-refractivity contribution in [3.05, 3.63) is 23.8 Å². The summed E-state index contributed by atoms with van der Waals surface area (Å²) in [6.45, 7) is 3.04. The number of benzene rings is 1. The third-order valence-electron chi connectivity index (χ3n) is 2.16. The first-order chi connectivity index (χ1) is 7.18. The van der Waals surface area contributed by atoms with Crippen LogP contribution in [-0.2, 0) is 18.9 Å². The van der Waals surface area contributed by atoms with Gasteiger partial charge in [0.1, 0.15) is 0 Å². The standard InChI is InChI=1S/C9H11ClO4S2/c1-3-15(11,12)8-5-4-7(2)9(6-8)16(10,13)14/h4-6H,3H2,1-2H3. The van der Waals surface area contributed by atoms with E-state index < -0.39 is 18.9 Å². The van der Waals surface area contributed by atoms with Gasteiger partial charge in [-0.3, -0.25) is 0 Å². The molecule has 0 fully saturated rings. The maximum absolute atomic E-state index is 11.6. The first-order valence-corrected chi connectivity index (χ1v) is 8.42. The van der Waals surface area contributed by atoms with E-state index in [-0.39, 0.29) is 15.5 Å². The smallest absolute Gasteiger partial charge is 0.224 e. The Morgan fingerprint density at radius 1 is 1.19 bits per heavy atom. The average molecular weight is 283 g/mol. The van der Waals surface area contributed by atoms with Crippen molar-refractivity contribution in [1.82, 2.24) is 0 Å². The molecule has 7 heteroatoms. The molecular weight excluding hydrogens is 272 g/mol. The average Bonchev–Trinajstić information content (AvgIpc) is 2.16. The summed E-state index contributed by atoms with van der Waals surface area (Å²) in [5.41, 5.74) is 0.421. The van der Waals surface area contributed by atoms with Crippen molar-refractivity contribution in [2.45, 2.75) is 23.6 Å². The van der Waals surface area contributed by atoms with Crippen molar-refractivity contribution in [2.75, 3.05) is 5.75 Å². The van der Waals surface area contributed by atoms with Crippen molar-refractivity contribution in [3.8, 4) is 0 Å². The highest BCUT2D eigenvalue weighted by Crippen LogP contribution is 2.23. The summed E-state index contributed by atoms with van der Waals surface area (Å²) in [7, 11) is -2.13. The Labute approximate surface area is 99.6 Å². The normalized spacial score (nSPS) is 12.7. The van der Waals surface area contributed by atoms with Crippen LogP contribution in [0.5, 0.6) is 0 Å². The van der Waals surface area contributed by atoms with Gasteiger partial charge in [-0.2, -0.15) is 0 Å². The zero-order valence-corrected chi connectivity index (χ0v) is 11.2. The van der Waals surface area contributed by atoms with E-state index in [0.29, 0.717) is 5.56 Å². The highest BCUT2D eigenvalue weighted by atomic mass is 35.7. The summed E-state index contributed by atoms with van der Waals surface area (Å²) < 4.78 is 45.5. The molecule has 0 amide bonds. The summed E-state index contributed by atoms with van der Waals surface area (Å²) in [6, 6.07) is 3.90. The monoisotopic (exact) mass is 282 g/mol. The highest BCUT2D eigenvalue weighted by molar-refractivity contribution is 8.13. The predicted octanol–water partition coefficient (Wildman–Crippen LogP) is 1.72. The summed E-state index contributed by atoms with van der Waals surface area (Å²) in [4.78, 5) is -0.191. The molecule has 4 nitrogen and oxygen atoms in total. The van der Waals surface area contributed by atoms with E-state index in [9.17, 15) is 16.8 Å². The van der Waals surface area contributed by atoms with Gasteiger partial charge in [0.15, 0.2) is 9.84 Å². The predicted molar refractivity (Wildman–Crippen MR) is 61.9 cm³/mol. The van der Waals surface area contributed by atoms with Gasteiger partial charge in [-0.1, -0.05) is 13.0 Å². The topological polar surface area (TPSA) is 68.3 Å². The Morgan fingerprint density at radius 3 is 2.19 bits per heavy atom. The van der Waals surface area contributed by atoms with Gasteiger partial charge in [-0.05, 0) is 24.6 Å². The van der Waals surface area contributed by atoms with Crippen LogP contribution in [0.1, 0.15) is 12.5 Å². The fourth-order valence-corrected chi connectivity index (χ4v) is 3.40. The SMILES string of the molecule is CCS(=O)(=O)c1ccc(C)c(S(=O)(=O)Cl)c1. The van der Waals surface area contributed by atoms with Crippen LogP contribution < -0.4 is 0 Å². The molecule has 0 aliphatic carbocycles. The Hall–Kier alpha value is -0.590. The van der Waals surface area contributed by atoms with Crippen LogP contribution in [-0.4, -0.2) is 22.6 Å². The Balaban J connectivity index is 3.53. The van der Waals surface area contributed by atoms with Crippen molar-refractivity contribution < 1.29 is 16.8 Å². The molecule has 90 valence electrons. The Bertz CT molecular complexity index is 602. The zero-order valence-electron chi connectivity index (χ0n) is 8.77. The quantitative estimate of drug-likeness (QED) is 0.792. The van der Waals surface area contributed by atoms with Crippen LogP contribution in [0.4, 0.5) is 0 Å². The molecule has 1 rings (SSSR count). The van der Waals surface area contributed by atoms with Gasteiger partial charge in [0.2, 0.25) is 0 Å². The molecule has 0 aliphatic rings. The molecule has 0 aromatic heterocycles. The second-order valence-corrected chi connectivity index (χ2v) is 8.08. The molecule has 0 bridgehead atoms. The largest absolute Gasteiger partial charge is 0.261 e. The van der Waals surface area contributed by atoms with Crippen molar-refractivity contribution in [2.24, 2.45) is 0 Å². The molecule has 0 atom stereocenters. The number of sulfone groups is 1. The summed E-state index contributed by atoms with van der Waals surface area (Å²) in [6.07, 6.45) is 0. The van der Waals surface area contributed by atoms with Gasteiger partial charge < -0.3 is 0 Å². The van der Waals surface area contributed by atoms with Crippen molar-refractivity contribution in [3.63, 3.8) is 0 Å². The molecule has 0 spiro atoms. The molecule has 0 radical (unpaired) electrons. The molecule has 0 heterocycles. The van der Waals surface area contributed by atoms with E-state index in [4.69, 9.17) is 10.7 Å². The number of hydrogen-bond acceptors (Lipinski definition) is 4. The second kappa shape index (κ2) is 4.35. The number of aryl methyl sites for hydroxylation is 1. The summed E-state index contributed by atoms with van der Waals surface area (Å²) in [5.74, 6) is -0.0855.